The van der Waals surface area contributed by atoms with E-state index in [1.807, 2.05) is 30.3 Å². The summed E-state index contributed by atoms with van der Waals surface area (Å²) >= 11 is 0. The van der Waals surface area contributed by atoms with Crippen molar-refractivity contribution in [2.75, 3.05) is 27.3 Å². The predicted molar refractivity (Wildman–Crippen MR) is 172 cm³/mol. The van der Waals surface area contributed by atoms with Crippen LogP contribution in [0.4, 0.5) is 0 Å². The summed E-state index contributed by atoms with van der Waals surface area (Å²) in [6.45, 7) is 5.76. The lowest BCUT2D eigenvalue weighted by molar-refractivity contribution is -0.149. The zero-order valence-corrected chi connectivity index (χ0v) is 27.0. The van der Waals surface area contributed by atoms with Crippen LogP contribution in [-0.4, -0.2) is 80.8 Å². The van der Waals surface area contributed by atoms with Crippen LogP contribution in [0.2, 0.25) is 0 Å². The Bertz CT molecular complexity index is 1820. The van der Waals surface area contributed by atoms with Gasteiger partial charge in [0.15, 0.2) is 5.78 Å². The van der Waals surface area contributed by atoms with Gasteiger partial charge in [0.25, 0.3) is 5.91 Å². The van der Waals surface area contributed by atoms with Crippen LogP contribution < -0.4 is 14.2 Å². The number of likely N-dealkylation sites (tertiary alicyclic amines) is 1. The zero-order valence-electron chi connectivity index (χ0n) is 27.0. The van der Waals surface area contributed by atoms with Gasteiger partial charge in [0, 0.05) is 37.1 Å². The summed E-state index contributed by atoms with van der Waals surface area (Å²) in [4.78, 5) is 41.9. The summed E-state index contributed by atoms with van der Waals surface area (Å²) in [5.74, 6) is 0.662. The molecule has 2 aliphatic rings. The van der Waals surface area contributed by atoms with Gasteiger partial charge in [-0.25, -0.2) is 0 Å². The molecule has 12 nitrogen and oxygen atoms in total. The molecule has 1 amide bonds. The highest BCUT2D eigenvalue weighted by molar-refractivity contribution is 6.01. The molecule has 1 N–H and O–H groups in total. The Hall–Kier alpha value is -5.26. The van der Waals surface area contributed by atoms with Crippen LogP contribution in [0.3, 0.4) is 0 Å². The second kappa shape index (κ2) is 12.2. The average Bonchev–Trinajstić information content (AvgIpc) is 3.58. The molecule has 1 saturated heterocycles. The van der Waals surface area contributed by atoms with Crippen LogP contribution in [0.15, 0.2) is 60.7 Å². The molecular formula is C35H37N5O7. The normalized spacial score (nSPS) is 16.3. The molecule has 0 bridgehead atoms. The van der Waals surface area contributed by atoms with Gasteiger partial charge in [0.2, 0.25) is 5.82 Å². The maximum atomic E-state index is 13.7. The number of carboxylic acid groups (broad SMARTS) is 1. The Morgan fingerprint density at radius 1 is 0.979 bits per heavy atom. The van der Waals surface area contributed by atoms with Gasteiger partial charge in [-0.15, -0.1) is 10.2 Å². The molecule has 6 rings (SSSR count). The van der Waals surface area contributed by atoms with E-state index in [0.717, 1.165) is 11.1 Å². The van der Waals surface area contributed by atoms with Gasteiger partial charge in [0.1, 0.15) is 22.8 Å². The minimum Gasteiger partial charge on any atom is -0.496 e. The van der Waals surface area contributed by atoms with E-state index in [-0.39, 0.29) is 23.9 Å². The SMILES string of the molecule is COc1cc(C(=O)N2CCC3(CC2)CC(=O)c2cc(-c4nnn(C(C)C(C)(C)C(=O)O)n4)ccc2O3)cc(OC)c1-c1ccccc1. The molecule has 1 spiro atoms. The molecule has 4 aromatic rings. The number of carboxylic acids is 1. The van der Waals surface area contributed by atoms with Crippen molar-refractivity contribution < 1.29 is 33.7 Å². The number of amides is 1. The summed E-state index contributed by atoms with van der Waals surface area (Å²) in [7, 11) is 3.14. The molecular weight excluding hydrogens is 602 g/mol. The fraction of sp³-hybridized carbons (Fsp3) is 0.371. The van der Waals surface area contributed by atoms with Crippen molar-refractivity contribution in [1.29, 1.82) is 0 Å². The van der Waals surface area contributed by atoms with E-state index in [1.54, 1.807) is 70.2 Å². The van der Waals surface area contributed by atoms with E-state index in [4.69, 9.17) is 14.2 Å². The number of nitrogens with zero attached hydrogens (tertiary/aromatic N) is 5. The molecule has 3 aromatic carbocycles. The van der Waals surface area contributed by atoms with E-state index in [0.29, 0.717) is 59.9 Å². The number of ether oxygens (including phenoxy) is 3. The Labute approximate surface area is 272 Å². The number of hydrogen-bond acceptors (Lipinski definition) is 9. The number of piperidine rings is 1. The van der Waals surface area contributed by atoms with E-state index < -0.39 is 23.0 Å². The maximum absolute atomic E-state index is 13.7. The molecule has 47 heavy (non-hydrogen) atoms. The lowest BCUT2D eigenvalue weighted by atomic mass is 9.82. The monoisotopic (exact) mass is 639 g/mol. The first kappa shape index (κ1) is 31.7. The highest BCUT2D eigenvalue weighted by atomic mass is 16.5. The molecule has 12 heteroatoms. The minimum atomic E-state index is -1.11. The highest BCUT2D eigenvalue weighted by Crippen LogP contribution is 2.42. The minimum absolute atomic E-state index is 0.0633. The van der Waals surface area contributed by atoms with Crippen molar-refractivity contribution in [3.63, 3.8) is 0 Å². The third kappa shape index (κ3) is 5.79. The third-order valence-corrected chi connectivity index (χ3v) is 9.49. The maximum Gasteiger partial charge on any atom is 0.311 e. The molecule has 0 radical (unpaired) electrons. The number of tetrazole rings is 1. The van der Waals surface area contributed by atoms with Crippen LogP contribution in [0.5, 0.6) is 17.2 Å². The largest absolute Gasteiger partial charge is 0.496 e. The summed E-state index contributed by atoms with van der Waals surface area (Å²) in [6.07, 6.45) is 1.17. The number of methoxy groups -OCH3 is 2. The Morgan fingerprint density at radius 3 is 2.26 bits per heavy atom. The first-order valence-electron chi connectivity index (χ1n) is 15.5. The number of fused-ring (bicyclic) bond motifs is 1. The van der Waals surface area contributed by atoms with Crippen LogP contribution in [-0.2, 0) is 4.79 Å². The molecule has 2 aliphatic heterocycles. The van der Waals surface area contributed by atoms with Crippen LogP contribution >= 0.6 is 0 Å². The second-order valence-corrected chi connectivity index (χ2v) is 12.6. The van der Waals surface area contributed by atoms with Crippen molar-refractivity contribution in [1.82, 2.24) is 25.1 Å². The zero-order chi connectivity index (χ0) is 33.5. The number of ketones is 1. The van der Waals surface area contributed by atoms with Crippen molar-refractivity contribution in [3.05, 3.63) is 71.8 Å². The molecule has 3 heterocycles. The quantitative estimate of drug-likeness (QED) is 0.268. The lowest BCUT2D eigenvalue weighted by Crippen LogP contribution is -2.52. The molecule has 1 aromatic heterocycles. The Kier molecular flexibility index (Phi) is 8.20. The van der Waals surface area contributed by atoms with Gasteiger partial charge >= 0.3 is 5.97 Å². The number of rotatable bonds is 8. The number of aromatic nitrogens is 4. The van der Waals surface area contributed by atoms with Gasteiger partial charge in [-0.05, 0) is 61.9 Å². The molecule has 0 aliphatic carbocycles. The number of Topliss-reactive ketones (excluding diaryl/α,β-unsaturated/α-hetero) is 1. The summed E-state index contributed by atoms with van der Waals surface area (Å²) in [6, 6.07) is 17.8. The van der Waals surface area contributed by atoms with E-state index >= 15 is 0 Å². The number of hydrogen-bond donors (Lipinski definition) is 1. The molecule has 1 atom stereocenters. The van der Waals surface area contributed by atoms with E-state index in [9.17, 15) is 19.5 Å². The summed E-state index contributed by atoms with van der Waals surface area (Å²) in [5.41, 5.74) is 1.33. The third-order valence-electron chi connectivity index (χ3n) is 9.49. The summed E-state index contributed by atoms with van der Waals surface area (Å²) in [5, 5.41) is 22.2. The first-order chi connectivity index (χ1) is 22.5. The summed E-state index contributed by atoms with van der Waals surface area (Å²) < 4.78 is 17.8. The number of aliphatic carboxylic acids is 1. The lowest BCUT2D eigenvalue weighted by Gasteiger charge is -2.44. The van der Waals surface area contributed by atoms with Crippen LogP contribution in [0, 0.1) is 5.41 Å². The molecule has 1 fully saturated rings. The number of carbonyl (C=O) groups is 3. The smallest absolute Gasteiger partial charge is 0.311 e. The predicted octanol–water partition coefficient (Wildman–Crippen LogP) is 5.34. The van der Waals surface area contributed by atoms with Crippen molar-refractivity contribution >= 4 is 17.7 Å². The van der Waals surface area contributed by atoms with Gasteiger partial charge in [-0.1, -0.05) is 30.3 Å². The Balaban J connectivity index is 1.16. The number of benzene rings is 3. The second-order valence-electron chi connectivity index (χ2n) is 12.6. The van der Waals surface area contributed by atoms with Crippen molar-refractivity contribution in [2.24, 2.45) is 5.41 Å². The van der Waals surface area contributed by atoms with E-state index in [1.165, 1.54) is 4.80 Å². The standard InChI is InChI=1S/C35H37N5O7/c1-21(34(2,3)33(43)44)40-37-31(36-38-40)23-11-12-27-25(17-23)26(41)20-35(47-27)13-15-39(16-14-35)32(42)24-18-28(45-4)30(29(19-24)46-5)22-9-7-6-8-10-22/h6-12,17-19,21H,13-16,20H2,1-5H3,(H,43,44). The first-order valence-corrected chi connectivity index (χ1v) is 15.5. The molecule has 244 valence electrons. The topological polar surface area (TPSA) is 146 Å². The fourth-order valence-corrected chi connectivity index (χ4v) is 6.11. The fourth-order valence-electron chi connectivity index (χ4n) is 6.11. The van der Waals surface area contributed by atoms with Crippen molar-refractivity contribution in [3.8, 4) is 39.8 Å². The van der Waals surface area contributed by atoms with Crippen LogP contribution in [0.25, 0.3) is 22.5 Å². The highest BCUT2D eigenvalue weighted by Gasteiger charge is 2.44. The van der Waals surface area contributed by atoms with E-state index in [2.05, 4.69) is 15.4 Å². The van der Waals surface area contributed by atoms with Crippen molar-refractivity contribution in [2.45, 2.75) is 51.7 Å². The van der Waals surface area contributed by atoms with Gasteiger partial charge in [-0.3, -0.25) is 14.4 Å². The molecule has 0 saturated carbocycles. The van der Waals surface area contributed by atoms with Gasteiger partial charge in [0.05, 0.1) is 43.2 Å². The average molecular weight is 640 g/mol. The van der Waals surface area contributed by atoms with Gasteiger partial charge < -0.3 is 24.2 Å². The molecule has 1 unspecified atom stereocenters. The van der Waals surface area contributed by atoms with Crippen LogP contribution in [0.1, 0.15) is 66.8 Å². The number of carbonyl (C=O) groups excluding carboxylic acids is 2. The van der Waals surface area contributed by atoms with Gasteiger partial charge in [-0.2, -0.15) is 4.80 Å². The Morgan fingerprint density at radius 2 is 1.64 bits per heavy atom.